The minimum atomic E-state index is -0.957. The molecule has 0 aromatic heterocycles. The number of aliphatic carboxylic acids is 1. The topological polar surface area (TPSA) is 83.6 Å². The first-order valence-electron chi connectivity index (χ1n) is 3.47. The fourth-order valence-electron chi connectivity index (χ4n) is 1.01. The number of nitrogens with two attached hydrogens (primary N) is 1. The summed E-state index contributed by atoms with van der Waals surface area (Å²) in [5.41, 5.74) is 5.12. The van der Waals surface area contributed by atoms with Crippen molar-refractivity contribution < 1.29 is 14.7 Å². The Balaban J connectivity index is 2.63. The van der Waals surface area contributed by atoms with E-state index in [4.69, 9.17) is 10.8 Å². The molecule has 5 nitrogen and oxygen atoms in total. The average Bonchev–Trinajstić information content (AvgIpc) is 2.50. The molecule has 1 aliphatic heterocycles. The quantitative estimate of drug-likeness (QED) is 0.579. The first-order valence-corrected chi connectivity index (χ1v) is 4.62. The first-order chi connectivity index (χ1) is 5.66. The maximum Gasteiger partial charge on any atom is 0.327 e. The molecule has 0 radical (unpaired) electrons. The number of amides is 1. The molecule has 0 aliphatic carbocycles. The molecule has 6 heteroatoms. The second-order valence-electron chi connectivity index (χ2n) is 2.42. The van der Waals surface area contributed by atoms with E-state index in [1.807, 2.05) is 0 Å². The zero-order valence-electron chi connectivity index (χ0n) is 6.40. The highest BCUT2D eigenvalue weighted by atomic mass is 32.2. The molecule has 12 heavy (non-hydrogen) atoms. The summed E-state index contributed by atoms with van der Waals surface area (Å²) in [7, 11) is 0. The van der Waals surface area contributed by atoms with Crippen molar-refractivity contribution in [3.63, 3.8) is 0 Å². The largest absolute Gasteiger partial charge is 0.480 e. The SMILES string of the molecule is NCC(=O)N1CSCC1C(=O)O. The predicted molar refractivity (Wildman–Crippen MR) is 44.6 cm³/mol. The third kappa shape index (κ3) is 1.70. The molecule has 1 saturated heterocycles. The van der Waals surface area contributed by atoms with Crippen LogP contribution in [0, 0.1) is 0 Å². The lowest BCUT2D eigenvalue weighted by Crippen LogP contribution is -2.44. The number of carbonyl (C=O) groups excluding carboxylic acids is 1. The van der Waals surface area contributed by atoms with Gasteiger partial charge < -0.3 is 15.7 Å². The molecule has 1 amide bonds. The van der Waals surface area contributed by atoms with Crippen LogP contribution >= 0.6 is 11.8 Å². The lowest BCUT2D eigenvalue weighted by atomic mass is 10.3. The summed E-state index contributed by atoms with van der Waals surface area (Å²) >= 11 is 1.43. The summed E-state index contributed by atoms with van der Waals surface area (Å²) < 4.78 is 0. The van der Waals surface area contributed by atoms with E-state index >= 15 is 0 Å². The Bertz CT molecular complexity index is 209. The van der Waals surface area contributed by atoms with Gasteiger partial charge in [0.05, 0.1) is 12.4 Å². The van der Waals surface area contributed by atoms with Crippen molar-refractivity contribution in [2.75, 3.05) is 18.2 Å². The Hall–Kier alpha value is -0.750. The van der Waals surface area contributed by atoms with Crippen LogP contribution in [0.3, 0.4) is 0 Å². The standard InChI is InChI=1S/C6H10N2O3S/c7-1-5(9)8-3-12-2-4(8)6(10)11/h4H,1-3,7H2,(H,10,11). The molecule has 0 saturated carbocycles. The van der Waals surface area contributed by atoms with Gasteiger partial charge in [-0.05, 0) is 0 Å². The number of thioether (sulfide) groups is 1. The van der Waals surface area contributed by atoms with E-state index in [0.29, 0.717) is 11.6 Å². The molecule has 0 aromatic rings. The zero-order valence-corrected chi connectivity index (χ0v) is 7.21. The van der Waals surface area contributed by atoms with Gasteiger partial charge in [0.15, 0.2) is 0 Å². The highest BCUT2D eigenvalue weighted by molar-refractivity contribution is 7.99. The van der Waals surface area contributed by atoms with Gasteiger partial charge >= 0.3 is 5.97 Å². The van der Waals surface area contributed by atoms with Crippen molar-refractivity contribution in [3.05, 3.63) is 0 Å². The smallest absolute Gasteiger partial charge is 0.327 e. The van der Waals surface area contributed by atoms with Crippen LogP contribution < -0.4 is 5.73 Å². The second-order valence-corrected chi connectivity index (χ2v) is 3.42. The maximum absolute atomic E-state index is 11.1. The number of rotatable bonds is 2. The van der Waals surface area contributed by atoms with Crippen molar-refractivity contribution in [1.29, 1.82) is 0 Å². The molecule has 1 aliphatic rings. The second kappa shape index (κ2) is 3.77. The average molecular weight is 190 g/mol. The summed E-state index contributed by atoms with van der Waals surface area (Å²) in [6, 6.07) is -0.689. The molecule has 1 heterocycles. The fourth-order valence-corrected chi connectivity index (χ4v) is 2.18. The number of carboxylic acid groups (broad SMARTS) is 1. The van der Waals surface area contributed by atoms with Crippen molar-refractivity contribution in [2.24, 2.45) is 5.73 Å². The van der Waals surface area contributed by atoms with Crippen LogP contribution in [0.15, 0.2) is 0 Å². The lowest BCUT2D eigenvalue weighted by molar-refractivity contribution is -0.147. The Kier molecular flexibility index (Phi) is 2.93. The fraction of sp³-hybridized carbons (Fsp3) is 0.667. The van der Waals surface area contributed by atoms with Gasteiger partial charge in [-0.3, -0.25) is 4.79 Å². The van der Waals surface area contributed by atoms with Crippen molar-refractivity contribution in [3.8, 4) is 0 Å². The van der Waals surface area contributed by atoms with E-state index in [1.54, 1.807) is 0 Å². The normalized spacial score (nSPS) is 22.8. The van der Waals surface area contributed by atoms with Gasteiger partial charge in [-0.15, -0.1) is 11.8 Å². The van der Waals surface area contributed by atoms with E-state index < -0.39 is 12.0 Å². The molecule has 1 atom stereocenters. The molecule has 68 valence electrons. The molecule has 0 spiro atoms. The van der Waals surface area contributed by atoms with Gasteiger partial charge in [0.25, 0.3) is 0 Å². The molecule has 0 bridgehead atoms. The Labute approximate surface area is 73.9 Å². The van der Waals surface area contributed by atoms with Gasteiger partial charge in [0.2, 0.25) is 5.91 Å². The van der Waals surface area contributed by atoms with Crippen LogP contribution in [-0.4, -0.2) is 46.1 Å². The minimum absolute atomic E-state index is 0.121. The van der Waals surface area contributed by atoms with Gasteiger partial charge in [-0.2, -0.15) is 0 Å². The zero-order chi connectivity index (χ0) is 9.14. The highest BCUT2D eigenvalue weighted by Gasteiger charge is 2.33. The third-order valence-corrected chi connectivity index (χ3v) is 2.67. The van der Waals surface area contributed by atoms with Crippen molar-refractivity contribution >= 4 is 23.6 Å². The van der Waals surface area contributed by atoms with Gasteiger partial charge in [0.1, 0.15) is 6.04 Å². The summed E-state index contributed by atoms with van der Waals surface area (Å²) in [5.74, 6) is -0.358. The molecule has 1 fully saturated rings. The van der Waals surface area contributed by atoms with Crippen LogP contribution in [0.4, 0.5) is 0 Å². The van der Waals surface area contributed by atoms with Crippen LogP contribution in [-0.2, 0) is 9.59 Å². The molecule has 1 rings (SSSR count). The van der Waals surface area contributed by atoms with E-state index in [0.717, 1.165) is 0 Å². The number of carbonyl (C=O) groups is 2. The molecule has 0 aromatic carbocycles. The van der Waals surface area contributed by atoms with Crippen LogP contribution in [0.25, 0.3) is 0 Å². The number of hydrogen-bond acceptors (Lipinski definition) is 4. The summed E-state index contributed by atoms with van der Waals surface area (Å²) in [4.78, 5) is 22.9. The monoisotopic (exact) mass is 190 g/mol. The Morgan fingerprint density at radius 2 is 2.33 bits per heavy atom. The number of nitrogens with zero attached hydrogens (tertiary/aromatic N) is 1. The number of hydrogen-bond donors (Lipinski definition) is 2. The third-order valence-electron chi connectivity index (χ3n) is 1.66. The predicted octanol–water partition coefficient (Wildman–Crippen LogP) is -1.07. The van der Waals surface area contributed by atoms with Gasteiger partial charge in [0, 0.05) is 5.75 Å². The molecule has 1 unspecified atom stereocenters. The molecular formula is C6H10N2O3S. The van der Waals surface area contributed by atoms with Crippen LogP contribution in [0.1, 0.15) is 0 Å². The van der Waals surface area contributed by atoms with E-state index in [1.165, 1.54) is 16.7 Å². The van der Waals surface area contributed by atoms with E-state index in [9.17, 15) is 9.59 Å². The first kappa shape index (κ1) is 9.34. The summed E-state index contributed by atoms with van der Waals surface area (Å²) in [6.07, 6.45) is 0. The van der Waals surface area contributed by atoms with Crippen molar-refractivity contribution in [2.45, 2.75) is 6.04 Å². The summed E-state index contributed by atoms with van der Waals surface area (Å²) in [5, 5.41) is 8.68. The van der Waals surface area contributed by atoms with Crippen LogP contribution in [0.2, 0.25) is 0 Å². The summed E-state index contributed by atoms with van der Waals surface area (Å²) in [6.45, 7) is -0.121. The van der Waals surface area contributed by atoms with E-state index in [2.05, 4.69) is 0 Å². The molecular weight excluding hydrogens is 180 g/mol. The minimum Gasteiger partial charge on any atom is -0.480 e. The highest BCUT2D eigenvalue weighted by Crippen LogP contribution is 2.20. The molecule has 3 N–H and O–H groups in total. The Morgan fingerprint density at radius 1 is 1.67 bits per heavy atom. The van der Waals surface area contributed by atoms with E-state index in [-0.39, 0.29) is 12.5 Å². The van der Waals surface area contributed by atoms with Crippen LogP contribution in [0.5, 0.6) is 0 Å². The number of carboxylic acids is 1. The van der Waals surface area contributed by atoms with Gasteiger partial charge in [-0.1, -0.05) is 0 Å². The van der Waals surface area contributed by atoms with Crippen molar-refractivity contribution in [1.82, 2.24) is 4.90 Å². The Morgan fingerprint density at radius 3 is 2.83 bits per heavy atom. The maximum atomic E-state index is 11.1. The lowest BCUT2D eigenvalue weighted by Gasteiger charge is -2.19. The van der Waals surface area contributed by atoms with Gasteiger partial charge in [-0.25, -0.2) is 4.79 Å².